The summed E-state index contributed by atoms with van der Waals surface area (Å²) >= 11 is 5.73. The van der Waals surface area contributed by atoms with Gasteiger partial charge >= 0.3 is 0 Å². The normalized spacial score (nSPS) is 17.5. The molecule has 1 N–H and O–H groups in total. The van der Waals surface area contributed by atoms with Crippen molar-refractivity contribution in [2.45, 2.75) is 25.7 Å². The van der Waals surface area contributed by atoms with Crippen LogP contribution in [0.5, 0.6) is 0 Å². The third-order valence-corrected chi connectivity index (χ3v) is 3.25. The summed E-state index contributed by atoms with van der Waals surface area (Å²) in [5.74, 6) is 0.107. The van der Waals surface area contributed by atoms with Crippen LogP contribution in [-0.4, -0.2) is 10.7 Å². The number of nitrogens with zero attached hydrogens (tertiary/aromatic N) is 1. The SMILES string of the molecule is O=C1CCCC/C1=C\Nc1ccc(Cl)cc1[N+](=O)[O-]. The Morgan fingerprint density at radius 1 is 1.32 bits per heavy atom. The van der Waals surface area contributed by atoms with E-state index in [1.807, 2.05) is 0 Å². The number of nitro groups is 1. The molecule has 19 heavy (non-hydrogen) atoms. The Bertz CT molecular complexity index is 555. The zero-order valence-corrected chi connectivity index (χ0v) is 10.9. The van der Waals surface area contributed by atoms with Crippen LogP contribution in [0.1, 0.15) is 25.7 Å². The van der Waals surface area contributed by atoms with E-state index >= 15 is 0 Å². The van der Waals surface area contributed by atoms with Crippen molar-refractivity contribution in [2.24, 2.45) is 0 Å². The maximum atomic E-state index is 11.6. The van der Waals surface area contributed by atoms with Gasteiger partial charge in [-0.1, -0.05) is 11.6 Å². The first kappa shape index (κ1) is 13.5. The molecular formula is C13H13ClN2O3. The number of nitro benzene ring substituents is 1. The third kappa shape index (κ3) is 3.32. The summed E-state index contributed by atoms with van der Waals surface area (Å²) in [6.07, 6.45) is 4.72. The van der Waals surface area contributed by atoms with E-state index in [4.69, 9.17) is 11.6 Å². The van der Waals surface area contributed by atoms with Crippen LogP contribution in [0, 0.1) is 10.1 Å². The van der Waals surface area contributed by atoms with E-state index in [1.54, 1.807) is 12.3 Å². The van der Waals surface area contributed by atoms with Crippen LogP contribution in [0.2, 0.25) is 5.02 Å². The summed E-state index contributed by atoms with van der Waals surface area (Å²) in [6.45, 7) is 0. The van der Waals surface area contributed by atoms with Gasteiger partial charge in [0.05, 0.1) is 4.92 Å². The summed E-state index contributed by atoms with van der Waals surface area (Å²) in [7, 11) is 0. The Balaban J connectivity index is 2.21. The summed E-state index contributed by atoms with van der Waals surface area (Å²) in [4.78, 5) is 22.0. The predicted octanol–water partition coefficient (Wildman–Crippen LogP) is 3.69. The van der Waals surface area contributed by atoms with Crippen LogP contribution in [0.15, 0.2) is 30.0 Å². The van der Waals surface area contributed by atoms with Gasteiger partial charge in [0.15, 0.2) is 5.78 Å². The molecule has 1 aliphatic rings. The molecule has 0 atom stereocenters. The lowest BCUT2D eigenvalue weighted by molar-refractivity contribution is -0.383. The highest BCUT2D eigenvalue weighted by Crippen LogP contribution is 2.28. The van der Waals surface area contributed by atoms with E-state index in [9.17, 15) is 14.9 Å². The fraction of sp³-hybridized carbons (Fsp3) is 0.308. The number of Topliss-reactive ketones (excluding diaryl/α,β-unsaturated/α-hetero) is 1. The van der Waals surface area contributed by atoms with Crippen molar-refractivity contribution in [3.8, 4) is 0 Å². The maximum Gasteiger partial charge on any atom is 0.294 e. The number of hydrogen-bond donors (Lipinski definition) is 1. The number of anilines is 1. The van der Waals surface area contributed by atoms with Crippen LogP contribution in [0.25, 0.3) is 0 Å². The Morgan fingerprint density at radius 3 is 2.74 bits per heavy atom. The molecule has 6 heteroatoms. The highest BCUT2D eigenvalue weighted by atomic mass is 35.5. The molecular weight excluding hydrogens is 268 g/mol. The Kier molecular flexibility index (Phi) is 4.16. The molecule has 0 spiro atoms. The fourth-order valence-corrected chi connectivity index (χ4v) is 2.16. The van der Waals surface area contributed by atoms with Gasteiger partial charge in [0.1, 0.15) is 5.69 Å². The number of rotatable bonds is 3. The summed E-state index contributed by atoms with van der Waals surface area (Å²) in [6, 6.07) is 4.38. The van der Waals surface area contributed by atoms with Gasteiger partial charge in [-0.05, 0) is 31.4 Å². The standard InChI is InChI=1S/C13H13ClN2O3/c14-10-5-6-11(12(7-10)16(18)19)15-8-9-3-1-2-4-13(9)17/h5-8,15H,1-4H2/b9-8+. The molecule has 0 radical (unpaired) electrons. The first-order valence-electron chi connectivity index (χ1n) is 6.00. The van der Waals surface area contributed by atoms with Crippen LogP contribution < -0.4 is 5.32 Å². The summed E-state index contributed by atoms with van der Waals surface area (Å²) < 4.78 is 0. The molecule has 0 heterocycles. The molecule has 0 bridgehead atoms. The second-order valence-corrected chi connectivity index (χ2v) is 4.80. The van der Waals surface area contributed by atoms with Gasteiger partial charge in [-0.25, -0.2) is 0 Å². The first-order chi connectivity index (χ1) is 9.08. The molecule has 0 saturated heterocycles. The lowest BCUT2D eigenvalue weighted by atomic mass is 9.94. The molecule has 0 amide bonds. The minimum absolute atomic E-state index is 0.104. The highest BCUT2D eigenvalue weighted by Gasteiger charge is 2.16. The van der Waals surface area contributed by atoms with Gasteiger partial charge in [-0.2, -0.15) is 0 Å². The highest BCUT2D eigenvalue weighted by molar-refractivity contribution is 6.30. The van der Waals surface area contributed by atoms with Crippen molar-refractivity contribution >= 4 is 28.8 Å². The molecule has 0 aliphatic heterocycles. The second kappa shape index (κ2) is 5.84. The van der Waals surface area contributed by atoms with E-state index in [2.05, 4.69) is 5.32 Å². The molecule has 2 rings (SSSR count). The minimum Gasteiger partial charge on any atom is -0.356 e. The molecule has 0 aromatic heterocycles. The molecule has 0 unspecified atom stereocenters. The van der Waals surface area contributed by atoms with E-state index in [-0.39, 0.29) is 11.5 Å². The van der Waals surface area contributed by atoms with Gasteiger partial charge in [-0.3, -0.25) is 14.9 Å². The lowest BCUT2D eigenvalue weighted by Crippen LogP contribution is -2.10. The smallest absolute Gasteiger partial charge is 0.294 e. The molecule has 100 valence electrons. The maximum absolute atomic E-state index is 11.6. The number of carbonyl (C=O) groups is 1. The van der Waals surface area contributed by atoms with E-state index in [0.717, 1.165) is 12.8 Å². The fourth-order valence-electron chi connectivity index (χ4n) is 2.00. The quantitative estimate of drug-likeness (QED) is 0.521. The average Bonchev–Trinajstić information content (AvgIpc) is 2.38. The Labute approximate surface area is 115 Å². The van der Waals surface area contributed by atoms with Crippen molar-refractivity contribution in [1.82, 2.24) is 0 Å². The number of ketones is 1. The first-order valence-corrected chi connectivity index (χ1v) is 6.38. The number of halogens is 1. The largest absolute Gasteiger partial charge is 0.356 e. The average molecular weight is 281 g/mol. The monoisotopic (exact) mass is 280 g/mol. The Hall–Kier alpha value is -1.88. The van der Waals surface area contributed by atoms with Crippen molar-refractivity contribution in [3.05, 3.63) is 45.1 Å². The van der Waals surface area contributed by atoms with Crippen LogP contribution >= 0.6 is 11.6 Å². The number of allylic oxidation sites excluding steroid dienone is 1. The van der Waals surface area contributed by atoms with Gasteiger partial charge in [0, 0.05) is 29.3 Å². The van der Waals surface area contributed by atoms with Gasteiger partial charge in [-0.15, -0.1) is 0 Å². The molecule has 1 aliphatic carbocycles. The topological polar surface area (TPSA) is 72.2 Å². The number of nitrogens with one attached hydrogen (secondary N) is 1. The minimum atomic E-state index is -0.505. The van der Waals surface area contributed by atoms with Gasteiger partial charge in [0.25, 0.3) is 5.69 Å². The molecule has 5 nitrogen and oxygen atoms in total. The molecule has 1 aromatic carbocycles. The van der Waals surface area contributed by atoms with Crippen molar-refractivity contribution < 1.29 is 9.72 Å². The third-order valence-electron chi connectivity index (χ3n) is 3.02. The number of carbonyl (C=O) groups excluding carboxylic acids is 1. The van der Waals surface area contributed by atoms with E-state index < -0.39 is 4.92 Å². The van der Waals surface area contributed by atoms with Gasteiger partial charge in [0.2, 0.25) is 0 Å². The van der Waals surface area contributed by atoms with Crippen LogP contribution in [0.3, 0.4) is 0 Å². The second-order valence-electron chi connectivity index (χ2n) is 4.36. The van der Waals surface area contributed by atoms with E-state index in [0.29, 0.717) is 29.1 Å². The van der Waals surface area contributed by atoms with Crippen LogP contribution in [-0.2, 0) is 4.79 Å². The van der Waals surface area contributed by atoms with E-state index in [1.165, 1.54) is 12.1 Å². The molecule has 1 fully saturated rings. The number of hydrogen-bond acceptors (Lipinski definition) is 4. The summed E-state index contributed by atoms with van der Waals surface area (Å²) in [5.41, 5.74) is 0.920. The lowest BCUT2D eigenvalue weighted by Gasteiger charge is -2.12. The van der Waals surface area contributed by atoms with Crippen LogP contribution in [0.4, 0.5) is 11.4 Å². The predicted molar refractivity (Wildman–Crippen MR) is 73.3 cm³/mol. The zero-order chi connectivity index (χ0) is 13.8. The van der Waals surface area contributed by atoms with Crippen molar-refractivity contribution in [3.63, 3.8) is 0 Å². The van der Waals surface area contributed by atoms with Gasteiger partial charge < -0.3 is 5.32 Å². The summed E-state index contributed by atoms with van der Waals surface area (Å²) in [5, 5.41) is 14.1. The Morgan fingerprint density at radius 2 is 2.05 bits per heavy atom. The number of benzene rings is 1. The van der Waals surface area contributed by atoms with Crippen molar-refractivity contribution in [1.29, 1.82) is 0 Å². The molecule has 1 saturated carbocycles. The molecule has 1 aromatic rings. The van der Waals surface area contributed by atoms with Crippen molar-refractivity contribution in [2.75, 3.05) is 5.32 Å². The zero-order valence-electron chi connectivity index (χ0n) is 10.2.